The second kappa shape index (κ2) is 18.4. The van der Waals surface area contributed by atoms with Crippen LogP contribution in [0.3, 0.4) is 0 Å². The maximum absolute atomic E-state index is 7.47. The van der Waals surface area contributed by atoms with Crippen LogP contribution in [0, 0.1) is 0 Å². The minimum absolute atomic E-state index is 0.635. The molecule has 0 radical (unpaired) electrons. The summed E-state index contributed by atoms with van der Waals surface area (Å²) in [5.41, 5.74) is 3.29. The summed E-state index contributed by atoms with van der Waals surface area (Å²) < 4.78 is 64.8. The molecule has 15 heteroatoms. The highest BCUT2D eigenvalue weighted by Crippen LogP contribution is 2.47. The van der Waals surface area contributed by atoms with Crippen molar-refractivity contribution in [1.29, 1.82) is 0 Å². The van der Waals surface area contributed by atoms with Gasteiger partial charge < -0.3 is 31.0 Å². The molecule has 0 amide bonds. The summed E-state index contributed by atoms with van der Waals surface area (Å²) in [4.78, 5) is 0. The fourth-order valence-corrected chi connectivity index (χ4v) is 20.2. The topological polar surface area (TPSA) is 98.7 Å². The molecule has 5 atom stereocenters. The summed E-state index contributed by atoms with van der Waals surface area (Å²) in [5.74, 6) is -0.936. The fraction of sp³-hybridized carbons (Fsp3) is 0.344. The molecule has 9 nitrogen and oxygen atoms in total. The zero-order valence-corrected chi connectivity index (χ0v) is 52.3. The lowest BCUT2D eigenvalue weighted by Gasteiger charge is -2.27. The first-order valence-electron chi connectivity index (χ1n) is 26.8. The Kier molecular flexibility index (Phi) is 12.6. The van der Waals surface area contributed by atoms with E-state index in [2.05, 4.69) is 200 Å². The zero-order valence-electron chi connectivity index (χ0n) is 46.5. The third-order valence-corrected chi connectivity index (χ3v) is 25.5. The Morgan fingerprint density at radius 1 is 0.447 bits per heavy atom. The van der Waals surface area contributed by atoms with Crippen LogP contribution in [0.25, 0.3) is 87.0 Å². The van der Waals surface area contributed by atoms with Crippen LogP contribution in [0.2, 0.25) is 78.6 Å². The van der Waals surface area contributed by atoms with Gasteiger partial charge >= 0.3 is 16.5 Å². The van der Waals surface area contributed by atoms with E-state index in [0.29, 0.717) is 0 Å². The molecule has 2 aliphatic heterocycles. The number of hydrogen-bond acceptors (Lipinski definition) is 9. The molecule has 10 aromatic rings. The van der Waals surface area contributed by atoms with Gasteiger partial charge in [0.2, 0.25) is 0 Å². The summed E-state index contributed by atoms with van der Waals surface area (Å²) in [6.07, 6.45) is -3.52. The Morgan fingerprint density at radius 3 is 1.09 bits per heavy atom. The highest BCUT2D eigenvalue weighted by Gasteiger charge is 2.58. The predicted molar refractivity (Wildman–Crippen MR) is 330 cm³/mol. The molecule has 0 N–H and O–H groups in total. The van der Waals surface area contributed by atoms with E-state index in [9.17, 15) is 0 Å². The molecule has 8 aromatic carbocycles. The van der Waals surface area contributed by atoms with Crippen molar-refractivity contribution in [3.05, 3.63) is 121 Å². The van der Waals surface area contributed by atoms with E-state index in [-0.39, 0.29) is 0 Å². The Hall–Kier alpha value is -4.73. The SMILES string of the molecule is C[C@@H](Op1oc2c([Si](C)(C)C)cc3ccccc3c2c2c(o1)c([Si](C)(C)C)cc1ccccc12)[C@H]1O[C@@H]2OC(C)(C)O[C@@H]2[C@H]1Op1oc2c([Si](C)(C)C)cc3ccccc3c2c2c(o1)c([Si](C)(C)C)cc1ccccc12. The van der Waals surface area contributed by atoms with Gasteiger partial charge in [0.15, 0.2) is 12.1 Å². The summed E-state index contributed by atoms with van der Waals surface area (Å²) in [5, 5.41) is 18.2. The van der Waals surface area contributed by atoms with Crippen LogP contribution in [0.5, 0.6) is 0 Å². The largest absolute Gasteiger partial charge is 0.399 e. The number of benzene rings is 8. The second-order valence-corrected chi connectivity index (χ2v) is 47.9. The number of ether oxygens (including phenoxy) is 3. The van der Waals surface area contributed by atoms with Crippen LogP contribution >= 0.6 is 16.5 Å². The maximum Gasteiger partial charge on any atom is 0.387 e. The van der Waals surface area contributed by atoms with Gasteiger partial charge in [0.25, 0.3) is 0 Å². The summed E-state index contributed by atoms with van der Waals surface area (Å²) in [6, 6.07) is 44.1. The van der Waals surface area contributed by atoms with Gasteiger partial charge in [-0.25, -0.2) is 0 Å². The van der Waals surface area contributed by atoms with Gasteiger partial charge in [-0.2, -0.15) is 0 Å². The molecule has 0 unspecified atom stereocenters. The highest BCUT2D eigenvalue weighted by atomic mass is 31.1. The molecule has 2 aromatic heterocycles. The normalized spacial score (nSPS) is 19.8. The summed E-state index contributed by atoms with van der Waals surface area (Å²) in [6.45, 7) is 34.4. The molecule has 2 fully saturated rings. The molecule has 394 valence electrons. The molecule has 0 aliphatic carbocycles. The molecule has 0 bridgehead atoms. The molecule has 12 rings (SSSR count). The van der Waals surface area contributed by atoms with E-state index in [0.717, 1.165) is 65.4 Å². The average molecular weight is 1120 g/mol. The van der Waals surface area contributed by atoms with E-state index in [4.69, 9.17) is 40.0 Å². The predicted octanol–water partition coefficient (Wildman–Crippen LogP) is 15.9. The van der Waals surface area contributed by atoms with Crippen molar-refractivity contribution in [1.82, 2.24) is 0 Å². The van der Waals surface area contributed by atoms with Gasteiger partial charge in [-0.15, -0.1) is 0 Å². The van der Waals surface area contributed by atoms with E-state index >= 15 is 0 Å². The minimum Gasteiger partial charge on any atom is -0.399 e. The molecule has 0 saturated carbocycles. The lowest BCUT2D eigenvalue weighted by atomic mass is 9.98. The molecule has 2 saturated heterocycles. The zero-order chi connectivity index (χ0) is 53.6. The average Bonchev–Trinajstić information content (AvgIpc) is 3.73. The smallest absolute Gasteiger partial charge is 0.387 e. The second-order valence-electron chi connectivity index (χ2n) is 25.7. The number of hydrogen-bond donors (Lipinski definition) is 0. The van der Waals surface area contributed by atoms with Gasteiger partial charge in [0.1, 0.15) is 40.6 Å². The van der Waals surface area contributed by atoms with Crippen LogP contribution < -0.4 is 29.8 Å². The summed E-state index contributed by atoms with van der Waals surface area (Å²) in [7, 11) is -12.6. The monoisotopic (exact) mass is 1120 g/mol. The van der Waals surface area contributed by atoms with Crippen molar-refractivity contribution >= 4 is 156 Å². The summed E-state index contributed by atoms with van der Waals surface area (Å²) >= 11 is 0. The van der Waals surface area contributed by atoms with Crippen molar-refractivity contribution in [2.24, 2.45) is 0 Å². The van der Waals surface area contributed by atoms with Crippen LogP contribution in [-0.2, 0) is 14.2 Å². The fourth-order valence-electron chi connectivity index (χ4n) is 11.6. The quantitative estimate of drug-likeness (QED) is 0.131. The Morgan fingerprint density at radius 2 is 0.763 bits per heavy atom. The lowest BCUT2D eigenvalue weighted by Crippen LogP contribution is -2.44. The third-order valence-electron chi connectivity index (χ3n) is 15.4. The Balaban J connectivity index is 1.09. The van der Waals surface area contributed by atoms with Crippen molar-refractivity contribution in [3.8, 4) is 0 Å². The first kappa shape index (κ1) is 52.0. The molecular formula is C61H70O9P2Si4. The van der Waals surface area contributed by atoms with E-state index < -0.39 is 85.3 Å². The van der Waals surface area contributed by atoms with Gasteiger partial charge in [-0.05, 0) is 84.6 Å². The van der Waals surface area contributed by atoms with Crippen LogP contribution in [-0.4, -0.2) is 68.8 Å². The van der Waals surface area contributed by atoms with E-state index in [1.165, 1.54) is 42.3 Å². The van der Waals surface area contributed by atoms with Gasteiger partial charge in [-0.3, -0.25) is 9.05 Å². The van der Waals surface area contributed by atoms with Crippen LogP contribution in [0.15, 0.2) is 138 Å². The molecular weight excluding hydrogens is 1050 g/mol. The van der Waals surface area contributed by atoms with Crippen LogP contribution in [0.4, 0.5) is 0 Å². The molecule has 4 heterocycles. The van der Waals surface area contributed by atoms with Crippen molar-refractivity contribution in [3.63, 3.8) is 0 Å². The standard InChI is InChI=1S/C61H70O9P2Si4/c1-36(65-71-66-54-45(73(4,5)6)32-37-24-16-20-28-41(37)49(54)50-42-29-21-17-25-38(42)33-46(55(50)67-71)74(7,8)9)53-58(59-60(62-53)64-61(2,3)63-59)70-72-68-56-47(75(10,11)12)34-39-26-18-22-30-43(39)51(56)52-44-31-23-19-27-40(44)35-48(57(52)69-72)76(13,14)15/h16-36,53,58-60H,1-15H3/t36-,53-,58+,59-,60-/m1/s1. The van der Waals surface area contributed by atoms with Crippen LogP contribution in [0.1, 0.15) is 20.8 Å². The van der Waals surface area contributed by atoms with Crippen molar-refractivity contribution in [2.75, 3.05) is 0 Å². The number of rotatable bonds is 9. The molecule has 2 aliphatic rings. The van der Waals surface area contributed by atoms with Crippen molar-refractivity contribution < 1.29 is 40.0 Å². The van der Waals surface area contributed by atoms with E-state index in [1.807, 2.05) is 20.8 Å². The third kappa shape index (κ3) is 9.01. The van der Waals surface area contributed by atoms with E-state index in [1.54, 1.807) is 0 Å². The number of fused-ring (bicyclic) bond motifs is 15. The Bertz CT molecular complexity index is 3860. The van der Waals surface area contributed by atoms with Gasteiger partial charge in [0.05, 0.1) is 38.4 Å². The first-order chi connectivity index (χ1) is 35.8. The van der Waals surface area contributed by atoms with Crippen molar-refractivity contribution in [2.45, 2.75) is 136 Å². The lowest BCUT2D eigenvalue weighted by molar-refractivity contribution is -0.218. The Labute approximate surface area is 451 Å². The van der Waals surface area contributed by atoms with Gasteiger partial charge in [0, 0.05) is 21.5 Å². The highest BCUT2D eigenvalue weighted by molar-refractivity contribution is 7.32. The minimum atomic E-state index is -2.16. The maximum atomic E-state index is 7.47. The molecule has 76 heavy (non-hydrogen) atoms. The first-order valence-corrected chi connectivity index (χ1v) is 43.0. The molecule has 0 spiro atoms. The van der Waals surface area contributed by atoms with Gasteiger partial charge in [-0.1, -0.05) is 200 Å².